The van der Waals surface area contributed by atoms with Crippen LogP contribution in [0.5, 0.6) is 5.75 Å². The van der Waals surface area contributed by atoms with E-state index in [1.165, 1.54) is 0 Å². The van der Waals surface area contributed by atoms with E-state index in [9.17, 15) is 0 Å². The van der Waals surface area contributed by atoms with E-state index >= 15 is 0 Å². The third-order valence-electron chi connectivity index (χ3n) is 1.65. The summed E-state index contributed by atoms with van der Waals surface area (Å²) in [5.74, 6) is 0.716. The second-order valence-corrected chi connectivity index (χ2v) is 3.20. The molecule has 13 heavy (non-hydrogen) atoms. The van der Waals surface area contributed by atoms with Gasteiger partial charge in [-0.3, -0.25) is 0 Å². The Labute approximate surface area is 83.1 Å². The van der Waals surface area contributed by atoms with Gasteiger partial charge in [0.1, 0.15) is 5.75 Å². The van der Waals surface area contributed by atoms with Crippen LogP contribution < -0.4 is 4.74 Å². The Kier molecular flexibility index (Phi) is 4.06. The minimum absolute atomic E-state index is 0.0421. The quantitative estimate of drug-likeness (QED) is 0.810. The normalized spacial score (nSPS) is 10.1. The van der Waals surface area contributed by atoms with Crippen molar-refractivity contribution in [3.8, 4) is 5.75 Å². The zero-order valence-electron chi connectivity index (χ0n) is 7.59. The Bertz CT molecular complexity index is 274. The molecule has 0 aliphatic rings. The lowest BCUT2D eigenvalue weighted by atomic mass is 10.2. The van der Waals surface area contributed by atoms with Crippen molar-refractivity contribution < 1.29 is 9.84 Å². The van der Waals surface area contributed by atoms with Gasteiger partial charge in [-0.2, -0.15) is 0 Å². The van der Waals surface area contributed by atoms with Crippen molar-refractivity contribution in [2.45, 2.75) is 20.0 Å². The summed E-state index contributed by atoms with van der Waals surface area (Å²) in [6.45, 7) is 2.66. The summed E-state index contributed by atoms with van der Waals surface area (Å²) in [6, 6.07) is 5.25. The number of rotatable bonds is 4. The first kappa shape index (κ1) is 10.4. The monoisotopic (exact) mass is 200 g/mol. The molecule has 0 aliphatic heterocycles. The van der Waals surface area contributed by atoms with Crippen LogP contribution in [0.2, 0.25) is 5.02 Å². The number of aliphatic hydroxyl groups excluding tert-OH is 1. The van der Waals surface area contributed by atoms with Crippen LogP contribution in [0.1, 0.15) is 18.9 Å². The Morgan fingerprint density at radius 2 is 2.23 bits per heavy atom. The van der Waals surface area contributed by atoms with E-state index in [4.69, 9.17) is 21.4 Å². The molecule has 1 N–H and O–H groups in total. The first-order valence-electron chi connectivity index (χ1n) is 4.30. The summed E-state index contributed by atoms with van der Waals surface area (Å²) in [4.78, 5) is 0. The van der Waals surface area contributed by atoms with Crippen LogP contribution in [0.25, 0.3) is 0 Å². The standard InChI is InChI=1S/C10H13ClO2/c1-2-5-13-10-4-3-9(11)6-8(10)7-12/h3-4,6,12H,2,5,7H2,1H3. The van der Waals surface area contributed by atoms with Crippen molar-refractivity contribution in [1.29, 1.82) is 0 Å². The molecule has 0 heterocycles. The molecule has 3 heteroatoms. The van der Waals surface area contributed by atoms with E-state index in [-0.39, 0.29) is 6.61 Å². The molecule has 0 aliphatic carbocycles. The van der Waals surface area contributed by atoms with Crippen LogP contribution >= 0.6 is 11.6 Å². The molecule has 1 aromatic rings. The molecule has 72 valence electrons. The third kappa shape index (κ3) is 2.90. The maximum Gasteiger partial charge on any atom is 0.124 e. The molecule has 0 radical (unpaired) electrons. The van der Waals surface area contributed by atoms with Crippen LogP contribution in [0.4, 0.5) is 0 Å². The Balaban J connectivity index is 2.79. The van der Waals surface area contributed by atoms with Crippen molar-refractivity contribution in [1.82, 2.24) is 0 Å². The van der Waals surface area contributed by atoms with Crippen LogP contribution in [0.3, 0.4) is 0 Å². The zero-order valence-corrected chi connectivity index (χ0v) is 8.34. The van der Waals surface area contributed by atoms with Crippen LogP contribution in [0, 0.1) is 0 Å². The second-order valence-electron chi connectivity index (χ2n) is 2.76. The second kappa shape index (κ2) is 5.10. The predicted octanol–water partition coefficient (Wildman–Crippen LogP) is 2.62. The molecule has 0 spiro atoms. The van der Waals surface area contributed by atoms with Gasteiger partial charge in [-0.25, -0.2) is 0 Å². The average molecular weight is 201 g/mol. The van der Waals surface area contributed by atoms with Gasteiger partial charge >= 0.3 is 0 Å². The summed E-state index contributed by atoms with van der Waals surface area (Å²) in [6.07, 6.45) is 0.952. The molecule has 0 unspecified atom stereocenters. The van der Waals surface area contributed by atoms with E-state index in [2.05, 4.69) is 0 Å². The van der Waals surface area contributed by atoms with E-state index in [1.54, 1.807) is 18.2 Å². The van der Waals surface area contributed by atoms with Crippen molar-refractivity contribution in [3.63, 3.8) is 0 Å². The van der Waals surface area contributed by atoms with Crippen molar-refractivity contribution in [3.05, 3.63) is 28.8 Å². The molecule has 1 rings (SSSR count). The molecule has 0 fully saturated rings. The van der Waals surface area contributed by atoms with Crippen LogP contribution in [-0.4, -0.2) is 11.7 Å². The average Bonchev–Trinajstić information content (AvgIpc) is 2.16. The molecule has 0 saturated carbocycles. The number of benzene rings is 1. The number of hydrogen-bond acceptors (Lipinski definition) is 2. The lowest BCUT2D eigenvalue weighted by Crippen LogP contribution is -1.98. The lowest BCUT2D eigenvalue weighted by Gasteiger charge is -2.08. The van der Waals surface area contributed by atoms with Crippen molar-refractivity contribution in [2.75, 3.05) is 6.61 Å². The van der Waals surface area contributed by atoms with Gasteiger partial charge in [0.25, 0.3) is 0 Å². The fourth-order valence-electron chi connectivity index (χ4n) is 1.02. The minimum Gasteiger partial charge on any atom is -0.493 e. The van der Waals surface area contributed by atoms with Crippen molar-refractivity contribution in [2.24, 2.45) is 0 Å². The van der Waals surface area contributed by atoms with Crippen LogP contribution in [-0.2, 0) is 6.61 Å². The highest BCUT2D eigenvalue weighted by molar-refractivity contribution is 6.30. The SMILES string of the molecule is CCCOc1ccc(Cl)cc1CO. The smallest absolute Gasteiger partial charge is 0.124 e. The number of hydrogen-bond donors (Lipinski definition) is 1. The predicted molar refractivity (Wildman–Crippen MR) is 53.2 cm³/mol. The van der Waals surface area contributed by atoms with Gasteiger partial charge in [-0.15, -0.1) is 0 Å². The molecular weight excluding hydrogens is 188 g/mol. The molecule has 0 atom stereocenters. The first-order chi connectivity index (χ1) is 6.27. The summed E-state index contributed by atoms with van der Waals surface area (Å²) >= 11 is 5.76. The minimum atomic E-state index is -0.0421. The Morgan fingerprint density at radius 3 is 2.85 bits per heavy atom. The molecule has 0 aromatic heterocycles. The highest BCUT2D eigenvalue weighted by Crippen LogP contribution is 2.22. The van der Waals surface area contributed by atoms with Gasteiger partial charge in [0.05, 0.1) is 13.2 Å². The van der Waals surface area contributed by atoms with Gasteiger partial charge < -0.3 is 9.84 Å². The summed E-state index contributed by atoms with van der Waals surface area (Å²) in [7, 11) is 0. The molecule has 0 bridgehead atoms. The summed E-state index contributed by atoms with van der Waals surface area (Å²) in [5.41, 5.74) is 0.737. The topological polar surface area (TPSA) is 29.5 Å². The lowest BCUT2D eigenvalue weighted by molar-refractivity contribution is 0.263. The Morgan fingerprint density at radius 1 is 1.46 bits per heavy atom. The van der Waals surface area contributed by atoms with Crippen LogP contribution in [0.15, 0.2) is 18.2 Å². The number of ether oxygens (including phenoxy) is 1. The van der Waals surface area contributed by atoms with E-state index < -0.39 is 0 Å². The van der Waals surface area contributed by atoms with Gasteiger partial charge in [0, 0.05) is 10.6 Å². The van der Waals surface area contributed by atoms with E-state index in [0.717, 1.165) is 12.0 Å². The van der Waals surface area contributed by atoms with Gasteiger partial charge in [0.2, 0.25) is 0 Å². The first-order valence-corrected chi connectivity index (χ1v) is 4.67. The maximum atomic E-state index is 9.00. The molecule has 2 nitrogen and oxygen atoms in total. The molecule has 0 amide bonds. The fourth-order valence-corrected chi connectivity index (χ4v) is 1.22. The third-order valence-corrected chi connectivity index (χ3v) is 1.89. The summed E-state index contributed by atoms with van der Waals surface area (Å²) in [5, 5.41) is 9.62. The molecular formula is C10H13ClO2. The van der Waals surface area contributed by atoms with E-state index in [0.29, 0.717) is 17.4 Å². The van der Waals surface area contributed by atoms with Gasteiger partial charge in [-0.05, 0) is 24.6 Å². The highest BCUT2D eigenvalue weighted by atomic mass is 35.5. The van der Waals surface area contributed by atoms with Gasteiger partial charge in [0.15, 0.2) is 0 Å². The maximum absolute atomic E-state index is 9.00. The number of halogens is 1. The zero-order chi connectivity index (χ0) is 9.68. The Hall–Kier alpha value is -0.730. The highest BCUT2D eigenvalue weighted by Gasteiger charge is 2.02. The van der Waals surface area contributed by atoms with Crippen molar-refractivity contribution >= 4 is 11.6 Å². The number of aliphatic hydroxyl groups is 1. The largest absolute Gasteiger partial charge is 0.493 e. The molecule has 1 aromatic carbocycles. The molecule has 0 saturated heterocycles. The summed E-state index contributed by atoms with van der Waals surface area (Å²) < 4.78 is 5.41. The van der Waals surface area contributed by atoms with Gasteiger partial charge in [-0.1, -0.05) is 18.5 Å². The van der Waals surface area contributed by atoms with E-state index in [1.807, 2.05) is 6.92 Å². The fraction of sp³-hybridized carbons (Fsp3) is 0.400.